The summed E-state index contributed by atoms with van der Waals surface area (Å²) in [6.07, 6.45) is 6.81. The highest BCUT2D eigenvalue weighted by atomic mass is 32.1. The van der Waals surface area contributed by atoms with Gasteiger partial charge >= 0.3 is 0 Å². The van der Waals surface area contributed by atoms with Gasteiger partial charge in [-0.15, -0.1) is 11.3 Å². The average molecular weight is 457 g/mol. The second-order valence-corrected chi connectivity index (χ2v) is 8.42. The molecule has 0 saturated heterocycles. The normalized spacial score (nSPS) is 11.1. The Bertz CT molecular complexity index is 1290. The molecule has 0 aliphatic heterocycles. The molecule has 0 saturated carbocycles. The van der Waals surface area contributed by atoms with E-state index < -0.39 is 0 Å². The molecule has 0 aliphatic carbocycles. The molecular formula is C26H24N4O2S. The van der Waals surface area contributed by atoms with Gasteiger partial charge in [0.15, 0.2) is 5.13 Å². The Morgan fingerprint density at radius 1 is 1.06 bits per heavy atom. The predicted molar refractivity (Wildman–Crippen MR) is 134 cm³/mol. The van der Waals surface area contributed by atoms with Gasteiger partial charge in [0.25, 0.3) is 0 Å². The highest BCUT2D eigenvalue weighted by Crippen LogP contribution is 2.25. The molecule has 2 amide bonds. The van der Waals surface area contributed by atoms with Gasteiger partial charge in [-0.25, -0.2) is 4.98 Å². The van der Waals surface area contributed by atoms with Crippen LogP contribution >= 0.6 is 11.3 Å². The number of fused-ring (bicyclic) bond motifs is 1. The molecular weight excluding hydrogens is 432 g/mol. The minimum Gasteiger partial charge on any atom is -0.356 e. The van der Waals surface area contributed by atoms with Crippen LogP contribution in [0.2, 0.25) is 0 Å². The lowest BCUT2D eigenvalue weighted by Crippen LogP contribution is -2.21. The second-order valence-electron chi connectivity index (χ2n) is 7.57. The number of hydrogen-bond acceptors (Lipinski definition) is 5. The number of anilines is 1. The van der Waals surface area contributed by atoms with E-state index in [9.17, 15) is 9.59 Å². The third-order valence-electron chi connectivity index (χ3n) is 5.08. The molecule has 0 fully saturated rings. The quantitative estimate of drug-likeness (QED) is 0.286. The molecule has 4 aromatic rings. The number of aryl methyl sites for hydroxylation is 1. The van der Waals surface area contributed by atoms with Crippen molar-refractivity contribution in [2.24, 2.45) is 0 Å². The number of nitrogens with one attached hydrogen (secondary N) is 2. The molecule has 0 aliphatic rings. The largest absolute Gasteiger partial charge is 0.356 e. The zero-order valence-corrected chi connectivity index (χ0v) is 19.1. The van der Waals surface area contributed by atoms with Gasteiger partial charge in [0.1, 0.15) is 0 Å². The van der Waals surface area contributed by atoms with E-state index in [0.29, 0.717) is 11.7 Å². The number of benzene rings is 2. The highest BCUT2D eigenvalue weighted by Gasteiger charge is 2.07. The van der Waals surface area contributed by atoms with Gasteiger partial charge in [0.2, 0.25) is 11.8 Å². The number of amides is 2. The van der Waals surface area contributed by atoms with Crippen molar-refractivity contribution in [2.75, 3.05) is 11.9 Å². The second kappa shape index (κ2) is 10.7. The number of thiazole rings is 1. The standard InChI is InChI=1S/C26H24N4O2S/c1-18(31)27-15-3-5-19-9-11-20(12-10-19)23-17-33-26(29-23)30-24(32)14-13-22-7-2-6-21-8-4-16-28-25(21)22/h2,4,6-14,16-17H,3,5,15H2,1H3,(H,27,31)(H,29,30,32)/b14-13+. The van der Waals surface area contributed by atoms with Gasteiger partial charge in [-0.1, -0.05) is 48.5 Å². The third-order valence-corrected chi connectivity index (χ3v) is 5.84. The molecule has 2 aromatic carbocycles. The molecule has 7 heteroatoms. The number of rotatable bonds is 8. The van der Waals surface area contributed by atoms with Crippen LogP contribution in [0.1, 0.15) is 24.5 Å². The number of aromatic nitrogens is 2. The van der Waals surface area contributed by atoms with Crippen LogP contribution in [0, 0.1) is 0 Å². The summed E-state index contributed by atoms with van der Waals surface area (Å²) in [6, 6.07) is 18.0. The number of carbonyl (C=O) groups excluding carboxylic acids is 2. The van der Waals surface area contributed by atoms with Crippen molar-refractivity contribution in [1.82, 2.24) is 15.3 Å². The van der Waals surface area contributed by atoms with Crippen LogP contribution in [0.15, 0.2) is 72.3 Å². The van der Waals surface area contributed by atoms with Crippen LogP contribution in [0.25, 0.3) is 28.2 Å². The van der Waals surface area contributed by atoms with Crippen LogP contribution in [0.5, 0.6) is 0 Å². The maximum Gasteiger partial charge on any atom is 0.250 e. The first-order valence-electron chi connectivity index (χ1n) is 10.7. The van der Waals surface area contributed by atoms with Crippen molar-refractivity contribution in [1.29, 1.82) is 0 Å². The summed E-state index contributed by atoms with van der Waals surface area (Å²) in [4.78, 5) is 32.3. The maximum absolute atomic E-state index is 12.4. The molecule has 6 nitrogen and oxygen atoms in total. The number of hydrogen-bond donors (Lipinski definition) is 2. The molecule has 166 valence electrons. The zero-order valence-electron chi connectivity index (χ0n) is 18.2. The van der Waals surface area contributed by atoms with Gasteiger partial charge in [-0.2, -0.15) is 0 Å². The number of carbonyl (C=O) groups is 2. The van der Waals surface area contributed by atoms with Gasteiger partial charge in [0, 0.05) is 47.6 Å². The lowest BCUT2D eigenvalue weighted by molar-refractivity contribution is -0.119. The molecule has 2 N–H and O–H groups in total. The fourth-order valence-corrected chi connectivity index (χ4v) is 4.16. The topological polar surface area (TPSA) is 84.0 Å². The molecule has 2 aromatic heterocycles. The van der Waals surface area contributed by atoms with E-state index in [2.05, 4.69) is 32.7 Å². The van der Waals surface area contributed by atoms with Crippen molar-refractivity contribution >= 4 is 45.3 Å². The van der Waals surface area contributed by atoms with Crippen LogP contribution in [-0.2, 0) is 16.0 Å². The minimum absolute atomic E-state index is 0.00200. The van der Waals surface area contributed by atoms with E-state index in [1.54, 1.807) is 12.3 Å². The smallest absolute Gasteiger partial charge is 0.250 e. The molecule has 0 spiro atoms. The van der Waals surface area contributed by atoms with E-state index in [1.165, 1.54) is 29.9 Å². The summed E-state index contributed by atoms with van der Waals surface area (Å²) in [6.45, 7) is 2.20. The molecule has 0 radical (unpaired) electrons. The molecule has 2 heterocycles. The lowest BCUT2D eigenvalue weighted by atomic mass is 10.1. The van der Waals surface area contributed by atoms with Gasteiger partial charge in [-0.3, -0.25) is 19.9 Å². The van der Waals surface area contributed by atoms with Crippen molar-refractivity contribution in [3.8, 4) is 11.3 Å². The van der Waals surface area contributed by atoms with E-state index in [0.717, 1.165) is 40.6 Å². The fourth-order valence-electron chi connectivity index (χ4n) is 3.44. The summed E-state index contributed by atoms with van der Waals surface area (Å²) >= 11 is 1.39. The van der Waals surface area contributed by atoms with Crippen LogP contribution < -0.4 is 10.6 Å². The van der Waals surface area contributed by atoms with Gasteiger partial charge in [-0.05, 0) is 30.5 Å². The summed E-state index contributed by atoms with van der Waals surface area (Å²) in [5.74, 6) is -0.240. The Morgan fingerprint density at radius 2 is 1.88 bits per heavy atom. The van der Waals surface area contributed by atoms with Crippen LogP contribution in [-0.4, -0.2) is 28.3 Å². The monoisotopic (exact) mass is 456 g/mol. The summed E-state index contributed by atoms with van der Waals surface area (Å²) in [7, 11) is 0. The number of nitrogens with zero attached hydrogens (tertiary/aromatic N) is 2. The van der Waals surface area contributed by atoms with Crippen molar-refractivity contribution < 1.29 is 9.59 Å². The first kappa shape index (κ1) is 22.4. The summed E-state index contributed by atoms with van der Waals surface area (Å²) in [5.41, 5.74) is 4.78. The Labute approximate surface area is 196 Å². The molecule has 0 bridgehead atoms. The van der Waals surface area contributed by atoms with E-state index in [1.807, 2.05) is 47.8 Å². The average Bonchev–Trinajstić information content (AvgIpc) is 3.29. The van der Waals surface area contributed by atoms with Crippen LogP contribution in [0.4, 0.5) is 5.13 Å². The Balaban J connectivity index is 1.35. The number of para-hydroxylation sites is 1. The summed E-state index contributed by atoms with van der Waals surface area (Å²) < 4.78 is 0. The number of pyridine rings is 1. The molecule has 0 unspecified atom stereocenters. The van der Waals surface area contributed by atoms with Crippen molar-refractivity contribution in [3.63, 3.8) is 0 Å². The third kappa shape index (κ3) is 6.11. The Hall–Kier alpha value is -3.84. The minimum atomic E-state index is -0.238. The van der Waals surface area contributed by atoms with Crippen LogP contribution in [0.3, 0.4) is 0 Å². The molecule has 0 atom stereocenters. The Morgan fingerprint density at radius 3 is 2.70 bits per heavy atom. The SMILES string of the molecule is CC(=O)NCCCc1ccc(-c2csc(NC(=O)/C=C/c3cccc4cccnc34)n2)cc1. The van der Waals surface area contributed by atoms with E-state index in [4.69, 9.17) is 0 Å². The van der Waals surface area contributed by atoms with Gasteiger partial charge < -0.3 is 5.32 Å². The zero-order chi connectivity index (χ0) is 23.0. The molecule has 4 rings (SSSR count). The first-order chi connectivity index (χ1) is 16.1. The molecule has 33 heavy (non-hydrogen) atoms. The maximum atomic E-state index is 12.4. The summed E-state index contributed by atoms with van der Waals surface area (Å²) in [5, 5.41) is 9.15. The van der Waals surface area contributed by atoms with Crippen molar-refractivity contribution in [2.45, 2.75) is 19.8 Å². The van der Waals surface area contributed by atoms with E-state index in [-0.39, 0.29) is 11.8 Å². The highest BCUT2D eigenvalue weighted by molar-refractivity contribution is 7.14. The van der Waals surface area contributed by atoms with E-state index >= 15 is 0 Å². The van der Waals surface area contributed by atoms with Gasteiger partial charge in [0.05, 0.1) is 11.2 Å². The first-order valence-corrected chi connectivity index (χ1v) is 11.6. The lowest BCUT2D eigenvalue weighted by Gasteiger charge is -2.04. The Kier molecular flexibility index (Phi) is 7.22. The fraction of sp³-hybridized carbons (Fsp3) is 0.154. The van der Waals surface area contributed by atoms with Crippen molar-refractivity contribution in [3.05, 3.63) is 83.4 Å². The predicted octanol–water partition coefficient (Wildman–Crippen LogP) is 5.08.